The highest BCUT2D eigenvalue weighted by Gasteiger charge is 2.12. The van der Waals surface area contributed by atoms with Crippen molar-refractivity contribution in [2.24, 2.45) is 0 Å². The highest BCUT2D eigenvalue weighted by molar-refractivity contribution is 5.91. The molecular weight excluding hydrogens is 274 g/mol. The number of pyridine rings is 1. The van der Waals surface area contributed by atoms with E-state index in [0.717, 1.165) is 11.3 Å². The lowest BCUT2D eigenvalue weighted by Crippen LogP contribution is -2.14. The summed E-state index contributed by atoms with van der Waals surface area (Å²) in [5.41, 5.74) is 1.78. The van der Waals surface area contributed by atoms with Crippen molar-refractivity contribution in [2.75, 3.05) is 5.32 Å². The van der Waals surface area contributed by atoms with Gasteiger partial charge >= 0.3 is 5.97 Å². The summed E-state index contributed by atoms with van der Waals surface area (Å²) < 4.78 is 5.03. The van der Waals surface area contributed by atoms with Gasteiger partial charge in [0.05, 0.1) is 11.3 Å². The van der Waals surface area contributed by atoms with E-state index in [1.807, 2.05) is 6.92 Å². The Labute approximate surface area is 121 Å². The largest absolute Gasteiger partial charge is 0.478 e. The van der Waals surface area contributed by atoms with Crippen molar-refractivity contribution in [3.05, 3.63) is 40.9 Å². The van der Waals surface area contributed by atoms with E-state index >= 15 is 0 Å². The first-order valence-corrected chi connectivity index (χ1v) is 6.38. The van der Waals surface area contributed by atoms with Crippen LogP contribution in [0.1, 0.15) is 33.8 Å². The van der Waals surface area contributed by atoms with Gasteiger partial charge < -0.3 is 14.9 Å². The number of aromatic nitrogens is 2. The van der Waals surface area contributed by atoms with Crippen LogP contribution in [0.25, 0.3) is 0 Å². The minimum atomic E-state index is -1.06. The van der Waals surface area contributed by atoms with Gasteiger partial charge in [-0.25, -0.2) is 9.78 Å². The van der Waals surface area contributed by atoms with Crippen LogP contribution in [-0.2, 0) is 11.2 Å². The lowest BCUT2D eigenvalue weighted by molar-refractivity contribution is -0.116. The van der Waals surface area contributed by atoms with Crippen LogP contribution >= 0.6 is 0 Å². The van der Waals surface area contributed by atoms with Crippen molar-refractivity contribution in [3.8, 4) is 0 Å². The van der Waals surface area contributed by atoms with Gasteiger partial charge in [-0.15, -0.1) is 0 Å². The fraction of sp³-hybridized carbons (Fsp3) is 0.286. The van der Waals surface area contributed by atoms with E-state index in [-0.39, 0.29) is 17.9 Å². The highest BCUT2D eigenvalue weighted by Crippen LogP contribution is 2.14. The highest BCUT2D eigenvalue weighted by atomic mass is 16.5. The molecule has 7 nitrogen and oxygen atoms in total. The summed E-state index contributed by atoms with van der Waals surface area (Å²) in [5.74, 6) is -0.225. The number of amides is 1. The van der Waals surface area contributed by atoms with Gasteiger partial charge in [0.25, 0.3) is 0 Å². The number of nitrogens with zero attached hydrogens (tertiary/aromatic N) is 2. The topological polar surface area (TPSA) is 105 Å². The van der Waals surface area contributed by atoms with Crippen LogP contribution in [0, 0.1) is 13.8 Å². The zero-order valence-corrected chi connectivity index (χ0v) is 11.7. The van der Waals surface area contributed by atoms with Crippen molar-refractivity contribution in [1.82, 2.24) is 10.1 Å². The number of aromatic carboxylic acids is 1. The Balaban J connectivity index is 1.91. The van der Waals surface area contributed by atoms with Crippen molar-refractivity contribution in [3.63, 3.8) is 0 Å². The zero-order valence-electron chi connectivity index (χ0n) is 11.7. The number of carboxylic acids is 1. The van der Waals surface area contributed by atoms with Gasteiger partial charge in [0.2, 0.25) is 5.91 Å². The molecule has 2 rings (SSSR count). The summed E-state index contributed by atoms with van der Waals surface area (Å²) in [6, 6.07) is 2.84. The van der Waals surface area contributed by atoms with E-state index < -0.39 is 5.97 Å². The van der Waals surface area contributed by atoms with E-state index in [4.69, 9.17) is 9.63 Å². The molecule has 2 heterocycles. The summed E-state index contributed by atoms with van der Waals surface area (Å²) in [6.45, 7) is 3.63. The fourth-order valence-electron chi connectivity index (χ4n) is 1.90. The second kappa shape index (κ2) is 6.17. The second-order valence-corrected chi connectivity index (χ2v) is 4.59. The number of carbonyl (C=O) groups is 2. The van der Waals surface area contributed by atoms with Crippen LogP contribution in [0.5, 0.6) is 0 Å². The first-order chi connectivity index (χ1) is 9.97. The Hall–Kier alpha value is -2.70. The van der Waals surface area contributed by atoms with E-state index in [0.29, 0.717) is 18.0 Å². The standard InChI is InChI=1S/C14H15N3O4/c1-8-11(9(2)21-17-8)4-6-13(18)16-12-5-3-10(7-15-12)14(19)20/h3,5,7H,4,6H2,1-2H3,(H,19,20)(H,15,16,18). The van der Waals surface area contributed by atoms with Crippen LogP contribution in [-0.4, -0.2) is 27.1 Å². The lowest BCUT2D eigenvalue weighted by Gasteiger charge is -2.04. The minimum Gasteiger partial charge on any atom is -0.478 e. The molecule has 0 bridgehead atoms. The third kappa shape index (κ3) is 3.65. The molecule has 0 aliphatic heterocycles. The maximum atomic E-state index is 11.8. The van der Waals surface area contributed by atoms with Gasteiger partial charge in [-0.1, -0.05) is 5.16 Å². The van der Waals surface area contributed by atoms with Crippen LogP contribution in [0.3, 0.4) is 0 Å². The first-order valence-electron chi connectivity index (χ1n) is 6.38. The van der Waals surface area contributed by atoms with Gasteiger partial charge in [-0.2, -0.15) is 0 Å². The molecule has 2 N–H and O–H groups in total. The Bertz CT molecular complexity index is 642. The van der Waals surface area contributed by atoms with Crippen LogP contribution < -0.4 is 5.32 Å². The van der Waals surface area contributed by atoms with E-state index in [1.165, 1.54) is 18.3 Å². The lowest BCUT2D eigenvalue weighted by atomic mass is 10.1. The molecule has 0 radical (unpaired) electrons. The molecule has 1 amide bonds. The van der Waals surface area contributed by atoms with E-state index in [2.05, 4.69) is 15.5 Å². The summed E-state index contributed by atoms with van der Waals surface area (Å²) in [7, 11) is 0. The van der Waals surface area contributed by atoms with Gasteiger partial charge in [0.15, 0.2) is 0 Å². The van der Waals surface area contributed by atoms with Crippen molar-refractivity contribution < 1.29 is 19.2 Å². The number of hydrogen-bond donors (Lipinski definition) is 2. The molecule has 110 valence electrons. The number of hydrogen-bond acceptors (Lipinski definition) is 5. The fourth-order valence-corrected chi connectivity index (χ4v) is 1.90. The maximum Gasteiger partial charge on any atom is 0.337 e. The van der Waals surface area contributed by atoms with Crippen LogP contribution in [0.15, 0.2) is 22.9 Å². The smallest absolute Gasteiger partial charge is 0.337 e. The molecule has 0 saturated heterocycles. The summed E-state index contributed by atoms with van der Waals surface area (Å²) >= 11 is 0. The maximum absolute atomic E-state index is 11.8. The van der Waals surface area contributed by atoms with E-state index in [1.54, 1.807) is 6.92 Å². The predicted molar refractivity (Wildman–Crippen MR) is 74.1 cm³/mol. The number of anilines is 1. The molecule has 0 aliphatic rings. The quantitative estimate of drug-likeness (QED) is 0.871. The Morgan fingerprint density at radius 3 is 2.62 bits per heavy atom. The minimum absolute atomic E-state index is 0.0729. The number of carboxylic acid groups (broad SMARTS) is 1. The molecule has 7 heteroatoms. The Morgan fingerprint density at radius 2 is 2.10 bits per heavy atom. The second-order valence-electron chi connectivity index (χ2n) is 4.59. The Morgan fingerprint density at radius 1 is 1.33 bits per heavy atom. The van der Waals surface area contributed by atoms with Gasteiger partial charge in [0.1, 0.15) is 11.6 Å². The van der Waals surface area contributed by atoms with Gasteiger partial charge in [-0.3, -0.25) is 4.79 Å². The van der Waals surface area contributed by atoms with Crippen LogP contribution in [0.2, 0.25) is 0 Å². The SMILES string of the molecule is Cc1noc(C)c1CCC(=O)Nc1ccc(C(=O)O)cn1. The number of nitrogens with one attached hydrogen (secondary N) is 1. The molecule has 2 aromatic heterocycles. The zero-order chi connectivity index (χ0) is 15.4. The Kier molecular flexibility index (Phi) is 4.32. The average molecular weight is 289 g/mol. The van der Waals surface area contributed by atoms with E-state index in [9.17, 15) is 9.59 Å². The van der Waals surface area contributed by atoms with Gasteiger partial charge in [-0.05, 0) is 32.4 Å². The monoisotopic (exact) mass is 289 g/mol. The molecule has 0 aliphatic carbocycles. The normalized spacial score (nSPS) is 10.4. The predicted octanol–water partition coefficient (Wildman–Crippen LogP) is 1.96. The average Bonchev–Trinajstić information content (AvgIpc) is 2.76. The van der Waals surface area contributed by atoms with Crippen molar-refractivity contribution >= 4 is 17.7 Å². The van der Waals surface area contributed by atoms with Crippen molar-refractivity contribution in [2.45, 2.75) is 26.7 Å². The molecule has 0 saturated carbocycles. The molecule has 0 atom stereocenters. The number of rotatable bonds is 5. The third-order valence-electron chi connectivity index (χ3n) is 3.06. The number of carbonyl (C=O) groups excluding carboxylic acids is 1. The summed E-state index contributed by atoms with van der Waals surface area (Å²) in [6.07, 6.45) is 2.00. The molecular formula is C14H15N3O4. The molecule has 21 heavy (non-hydrogen) atoms. The van der Waals surface area contributed by atoms with Crippen molar-refractivity contribution in [1.29, 1.82) is 0 Å². The third-order valence-corrected chi connectivity index (χ3v) is 3.06. The number of aryl methyl sites for hydroxylation is 2. The molecule has 0 fully saturated rings. The summed E-state index contributed by atoms with van der Waals surface area (Å²) in [5, 5.41) is 15.2. The summed E-state index contributed by atoms with van der Waals surface area (Å²) in [4.78, 5) is 26.4. The molecule has 0 spiro atoms. The molecule has 2 aromatic rings. The first kappa shape index (κ1) is 14.7. The van der Waals surface area contributed by atoms with Gasteiger partial charge in [0, 0.05) is 18.2 Å². The molecule has 0 aromatic carbocycles. The van der Waals surface area contributed by atoms with Crippen LogP contribution in [0.4, 0.5) is 5.82 Å². The molecule has 0 unspecified atom stereocenters.